The smallest absolute Gasteiger partial charge is 0.416 e. The molecule has 0 radical (unpaired) electrons. The molecule has 3 heterocycles. The van der Waals surface area contributed by atoms with Crippen LogP contribution in [0.3, 0.4) is 0 Å². The van der Waals surface area contributed by atoms with Gasteiger partial charge in [0.15, 0.2) is 11.9 Å². The summed E-state index contributed by atoms with van der Waals surface area (Å²) >= 11 is 0. The van der Waals surface area contributed by atoms with E-state index in [1.807, 2.05) is 18.7 Å². The summed E-state index contributed by atoms with van der Waals surface area (Å²) < 4.78 is 91.9. The molecule has 272 valence electrons. The molecule has 2 N–H and O–H groups in total. The number of anilines is 1. The average molecular weight is 707 g/mol. The highest BCUT2D eigenvalue weighted by molar-refractivity contribution is 5.51. The molecule has 3 aromatic rings. The summed E-state index contributed by atoms with van der Waals surface area (Å²) in [6.45, 7) is 6.77. The van der Waals surface area contributed by atoms with Crippen LogP contribution in [0.15, 0.2) is 36.7 Å². The fourth-order valence-corrected chi connectivity index (χ4v) is 7.83. The number of pyridine rings is 1. The molecular weight excluding hydrogens is 662 g/mol. The van der Waals surface area contributed by atoms with Gasteiger partial charge in [-0.15, -0.1) is 0 Å². The molecule has 7 nitrogen and oxygen atoms in total. The van der Waals surface area contributed by atoms with Crippen molar-refractivity contribution >= 4 is 5.95 Å². The van der Waals surface area contributed by atoms with Gasteiger partial charge in [0.05, 0.1) is 35.9 Å². The van der Waals surface area contributed by atoms with Crippen molar-refractivity contribution in [3.63, 3.8) is 0 Å². The fraction of sp³-hybridized carbons (Fsp3) is 0.595. The molecule has 3 aliphatic rings. The maximum atomic E-state index is 17.2. The van der Waals surface area contributed by atoms with Crippen LogP contribution in [0.25, 0.3) is 0 Å². The summed E-state index contributed by atoms with van der Waals surface area (Å²) in [4.78, 5) is 15.9. The molecule has 13 heteroatoms. The van der Waals surface area contributed by atoms with Crippen LogP contribution in [0.1, 0.15) is 129 Å². The number of aliphatic hydroxyl groups excluding tert-OH is 2. The summed E-state index contributed by atoms with van der Waals surface area (Å²) in [6.07, 6.45) is -3.64. The molecule has 2 fully saturated rings. The third-order valence-corrected chi connectivity index (χ3v) is 10.3. The number of hydrogen-bond acceptors (Lipinski definition) is 7. The molecule has 3 atom stereocenters. The maximum absolute atomic E-state index is 17.2. The normalized spacial score (nSPS) is 22.5. The molecule has 1 saturated carbocycles. The monoisotopic (exact) mass is 706 g/mol. The molecule has 2 aliphatic carbocycles. The lowest BCUT2D eigenvalue weighted by atomic mass is 9.68. The van der Waals surface area contributed by atoms with E-state index in [0.717, 1.165) is 24.3 Å². The molecule has 1 aromatic carbocycles. The zero-order valence-electron chi connectivity index (χ0n) is 28.5. The summed E-state index contributed by atoms with van der Waals surface area (Å²) in [7, 11) is 0. The molecular formula is C37H44F6N4O3. The Labute approximate surface area is 288 Å². The van der Waals surface area contributed by atoms with Gasteiger partial charge in [-0.05, 0) is 80.0 Å². The number of aromatic nitrogens is 3. The first-order valence-electron chi connectivity index (χ1n) is 17.3. The number of rotatable bonds is 8. The number of nitrogens with zero attached hydrogens (tertiary/aromatic N) is 4. The minimum atomic E-state index is -4.60. The molecule has 0 bridgehead atoms. The second-order valence-corrected chi connectivity index (χ2v) is 15.0. The number of halogens is 6. The number of fused-ring (bicyclic) bond motifs is 1. The van der Waals surface area contributed by atoms with Gasteiger partial charge in [-0.2, -0.15) is 13.2 Å². The molecule has 2 aromatic heterocycles. The Kier molecular flexibility index (Phi) is 10.1. The first-order chi connectivity index (χ1) is 23.5. The van der Waals surface area contributed by atoms with Crippen LogP contribution in [0.2, 0.25) is 0 Å². The van der Waals surface area contributed by atoms with Gasteiger partial charge in [-0.3, -0.25) is 4.98 Å². The molecule has 50 heavy (non-hydrogen) atoms. The highest BCUT2D eigenvalue weighted by atomic mass is 19.4. The van der Waals surface area contributed by atoms with Crippen LogP contribution in [0, 0.1) is 5.41 Å². The average Bonchev–Trinajstić information content (AvgIpc) is 3.06. The molecule has 0 amide bonds. The lowest BCUT2D eigenvalue weighted by molar-refractivity contribution is -0.137. The largest absolute Gasteiger partial charge is 0.488 e. The van der Waals surface area contributed by atoms with Gasteiger partial charge in [0.2, 0.25) is 11.9 Å². The van der Waals surface area contributed by atoms with E-state index in [2.05, 4.69) is 9.97 Å². The van der Waals surface area contributed by atoms with E-state index in [9.17, 15) is 32.2 Å². The topological polar surface area (TPSA) is 91.6 Å². The standard InChI is InChI=1S/C37H44F6N4O3/c1-21(48)20-50-26-18-44-34(45-19-26)47-14-10-24(11-15-47)33-31(32(38)23-4-6-25(7-5-23)37(41,42)43)29(22-8-12-36(39,40)13-9-22)30-27(46-33)16-35(2,3)17-28(30)49/h4-7,18-19,21-22,24,28,32,48-49H,8-17,20H2,1-3H3/t21-,28?,32?/m0/s1. The number of alkyl halides is 6. The van der Waals surface area contributed by atoms with Gasteiger partial charge in [0.25, 0.3) is 0 Å². The lowest BCUT2D eigenvalue weighted by Gasteiger charge is -2.41. The zero-order valence-corrected chi connectivity index (χ0v) is 28.5. The van der Waals surface area contributed by atoms with Crippen molar-refractivity contribution in [3.8, 4) is 5.75 Å². The van der Waals surface area contributed by atoms with E-state index in [0.29, 0.717) is 73.0 Å². The van der Waals surface area contributed by atoms with Crippen molar-refractivity contribution in [2.75, 3.05) is 24.6 Å². The second kappa shape index (κ2) is 13.9. The predicted molar refractivity (Wildman–Crippen MR) is 175 cm³/mol. The molecule has 1 saturated heterocycles. The van der Waals surface area contributed by atoms with E-state index >= 15 is 4.39 Å². The second-order valence-electron chi connectivity index (χ2n) is 15.0. The van der Waals surface area contributed by atoms with Crippen LogP contribution in [0.5, 0.6) is 5.75 Å². The number of aliphatic hydroxyl groups is 2. The van der Waals surface area contributed by atoms with Crippen LogP contribution in [-0.4, -0.2) is 56.9 Å². The lowest BCUT2D eigenvalue weighted by Crippen LogP contribution is -2.36. The molecule has 1 aliphatic heterocycles. The highest BCUT2D eigenvalue weighted by Crippen LogP contribution is 2.52. The summed E-state index contributed by atoms with van der Waals surface area (Å²) in [5, 5.41) is 21.1. The highest BCUT2D eigenvalue weighted by Gasteiger charge is 2.44. The van der Waals surface area contributed by atoms with Crippen LogP contribution < -0.4 is 9.64 Å². The minimum absolute atomic E-state index is 0.0118. The van der Waals surface area contributed by atoms with Gasteiger partial charge in [-0.1, -0.05) is 26.0 Å². The third-order valence-electron chi connectivity index (χ3n) is 10.3. The maximum Gasteiger partial charge on any atom is 0.416 e. The Balaban J connectivity index is 1.40. The number of ether oxygens (including phenoxy) is 1. The van der Waals surface area contributed by atoms with Crippen molar-refractivity contribution in [3.05, 3.63) is 75.9 Å². The number of hydrogen-bond donors (Lipinski definition) is 2. The van der Waals surface area contributed by atoms with Gasteiger partial charge < -0.3 is 19.8 Å². The Morgan fingerprint density at radius 2 is 1.58 bits per heavy atom. The van der Waals surface area contributed by atoms with Gasteiger partial charge in [-0.25, -0.2) is 23.1 Å². The van der Waals surface area contributed by atoms with E-state index in [1.165, 1.54) is 12.4 Å². The minimum Gasteiger partial charge on any atom is -0.488 e. The summed E-state index contributed by atoms with van der Waals surface area (Å²) in [5.74, 6) is -2.66. The first-order valence-corrected chi connectivity index (χ1v) is 17.3. The van der Waals surface area contributed by atoms with Crippen molar-refractivity contribution in [2.24, 2.45) is 5.41 Å². The van der Waals surface area contributed by atoms with Gasteiger partial charge >= 0.3 is 6.18 Å². The number of piperidine rings is 1. The quantitative estimate of drug-likeness (QED) is 0.228. The Morgan fingerprint density at radius 3 is 2.16 bits per heavy atom. The van der Waals surface area contributed by atoms with Crippen molar-refractivity contribution in [2.45, 2.75) is 114 Å². The summed E-state index contributed by atoms with van der Waals surface area (Å²) in [5.41, 5.74) is 1.12. The van der Waals surface area contributed by atoms with Crippen molar-refractivity contribution < 1.29 is 41.3 Å². The Morgan fingerprint density at radius 1 is 0.960 bits per heavy atom. The molecule has 2 unspecified atom stereocenters. The predicted octanol–water partition coefficient (Wildman–Crippen LogP) is 8.39. The van der Waals surface area contributed by atoms with E-state index < -0.39 is 42.0 Å². The van der Waals surface area contributed by atoms with E-state index in [4.69, 9.17) is 9.72 Å². The SMILES string of the molecule is C[C@H](O)COc1cnc(N2CCC(c3nc4c(c(C5CCC(F)(F)CC5)c3C(F)c3ccc(C(F)(F)F)cc3)C(O)CC(C)(C)C4)CC2)nc1. The van der Waals surface area contributed by atoms with Crippen LogP contribution >= 0.6 is 0 Å². The van der Waals surface area contributed by atoms with Gasteiger partial charge in [0, 0.05) is 48.7 Å². The number of benzene rings is 1. The fourth-order valence-electron chi connectivity index (χ4n) is 7.83. The van der Waals surface area contributed by atoms with Crippen LogP contribution in [0.4, 0.5) is 32.3 Å². The van der Waals surface area contributed by atoms with E-state index in [1.54, 1.807) is 6.92 Å². The van der Waals surface area contributed by atoms with Crippen molar-refractivity contribution in [1.82, 2.24) is 15.0 Å². The Bertz CT molecular complexity index is 1630. The molecule has 0 spiro atoms. The summed E-state index contributed by atoms with van der Waals surface area (Å²) in [6, 6.07) is 3.96. The third kappa shape index (κ3) is 7.88. The Hall–Kier alpha value is -3.45. The van der Waals surface area contributed by atoms with E-state index in [-0.39, 0.29) is 54.7 Å². The van der Waals surface area contributed by atoms with Crippen LogP contribution in [-0.2, 0) is 12.6 Å². The first kappa shape index (κ1) is 36.3. The van der Waals surface area contributed by atoms with Gasteiger partial charge in [0.1, 0.15) is 6.61 Å². The van der Waals surface area contributed by atoms with Crippen molar-refractivity contribution in [1.29, 1.82) is 0 Å². The molecule has 6 rings (SSSR count). The zero-order chi connectivity index (χ0) is 36.0.